The van der Waals surface area contributed by atoms with Crippen LogP contribution in [0.2, 0.25) is 0 Å². The molecule has 1 fully saturated rings. The van der Waals surface area contributed by atoms with Gasteiger partial charge in [0.15, 0.2) is 11.6 Å². The molecule has 2 heterocycles. The Kier molecular flexibility index (Phi) is 7.42. The molecule has 4 rings (SSSR count). The van der Waals surface area contributed by atoms with Crippen LogP contribution in [-0.4, -0.2) is 36.3 Å². The smallest absolute Gasteiger partial charge is 0.263 e. The number of aromatic nitrogens is 2. The Labute approximate surface area is 202 Å². The zero-order chi connectivity index (χ0) is 24.9. The summed E-state index contributed by atoms with van der Waals surface area (Å²) in [5, 5.41) is 15.8. The number of nitriles is 1. The van der Waals surface area contributed by atoms with Gasteiger partial charge >= 0.3 is 0 Å². The van der Waals surface area contributed by atoms with Crippen molar-refractivity contribution in [2.24, 2.45) is 13.0 Å². The number of ether oxygens (including phenoxy) is 1. The van der Waals surface area contributed by atoms with E-state index in [1.165, 1.54) is 42.0 Å². The maximum absolute atomic E-state index is 14.5. The minimum absolute atomic E-state index is 0.0423. The maximum Gasteiger partial charge on any atom is 0.263 e. The lowest BCUT2D eigenvalue weighted by molar-refractivity contribution is 0.386. The minimum Gasteiger partial charge on any atom is -0.494 e. The Morgan fingerprint density at radius 2 is 1.94 bits per heavy atom. The van der Waals surface area contributed by atoms with E-state index in [0.29, 0.717) is 24.0 Å². The number of rotatable bonds is 6. The van der Waals surface area contributed by atoms with Crippen LogP contribution in [0.25, 0.3) is 22.4 Å². The summed E-state index contributed by atoms with van der Waals surface area (Å²) < 4.78 is 35.4. The molecule has 0 aliphatic carbocycles. The van der Waals surface area contributed by atoms with E-state index in [2.05, 4.69) is 15.6 Å². The molecule has 0 amide bonds. The van der Waals surface area contributed by atoms with Crippen molar-refractivity contribution >= 4 is 5.95 Å². The van der Waals surface area contributed by atoms with Gasteiger partial charge in [0.25, 0.3) is 5.56 Å². The van der Waals surface area contributed by atoms with Gasteiger partial charge in [-0.2, -0.15) is 5.26 Å². The predicted molar refractivity (Wildman–Crippen MR) is 130 cm³/mol. The van der Waals surface area contributed by atoms with Crippen LogP contribution in [0.15, 0.2) is 41.2 Å². The zero-order valence-corrected chi connectivity index (χ0v) is 19.7. The lowest BCUT2D eigenvalue weighted by Gasteiger charge is -2.19. The first-order valence-electron chi connectivity index (χ1n) is 11.5. The molecule has 0 bridgehead atoms. The SMILES string of the molecule is COc1ccc(-c2c(-c3ccc(C#N)c(F)c3)nc(NCC3CCCNCC3)n(C)c2=O)cc1F. The Morgan fingerprint density at radius 3 is 2.66 bits per heavy atom. The van der Waals surface area contributed by atoms with E-state index in [-0.39, 0.29) is 28.1 Å². The molecule has 35 heavy (non-hydrogen) atoms. The number of nitrogens with zero attached hydrogens (tertiary/aromatic N) is 3. The Morgan fingerprint density at radius 1 is 1.17 bits per heavy atom. The van der Waals surface area contributed by atoms with E-state index in [1.807, 2.05) is 0 Å². The first-order chi connectivity index (χ1) is 16.9. The molecule has 1 aliphatic rings. The van der Waals surface area contributed by atoms with Gasteiger partial charge in [0, 0.05) is 19.2 Å². The van der Waals surface area contributed by atoms with E-state index in [0.717, 1.165) is 32.4 Å². The summed E-state index contributed by atoms with van der Waals surface area (Å²) in [5.41, 5.74) is 0.405. The van der Waals surface area contributed by atoms with Gasteiger partial charge in [-0.15, -0.1) is 0 Å². The second-order valence-corrected chi connectivity index (χ2v) is 8.61. The monoisotopic (exact) mass is 479 g/mol. The van der Waals surface area contributed by atoms with Crippen LogP contribution in [0, 0.1) is 28.9 Å². The molecule has 1 aliphatic heterocycles. The van der Waals surface area contributed by atoms with Crippen molar-refractivity contribution in [3.8, 4) is 34.2 Å². The fourth-order valence-electron chi connectivity index (χ4n) is 4.34. The largest absolute Gasteiger partial charge is 0.494 e. The van der Waals surface area contributed by atoms with Gasteiger partial charge in [-0.25, -0.2) is 13.8 Å². The van der Waals surface area contributed by atoms with Crippen LogP contribution >= 0.6 is 0 Å². The molecule has 1 unspecified atom stereocenters. The lowest BCUT2D eigenvalue weighted by atomic mass is 9.99. The highest BCUT2D eigenvalue weighted by Crippen LogP contribution is 2.32. The molecule has 0 spiro atoms. The van der Waals surface area contributed by atoms with Crippen molar-refractivity contribution in [2.75, 3.05) is 32.1 Å². The van der Waals surface area contributed by atoms with Crippen molar-refractivity contribution in [3.63, 3.8) is 0 Å². The van der Waals surface area contributed by atoms with Crippen LogP contribution in [0.3, 0.4) is 0 Å². The van der Waals surface area contributed by atoms with Crippen molar-refractivity contribution < 1.29 is 13.5 Å². The summed E-state index contributed by atoms with van der Waals surface area (Å²) in [4.78, 5) is 18.2. The highest BCUT2D eigenvalue weighted by molar-refractivity contribution is 5.81. The first-order valence-corrected chi connectivity index (χ1v) is 11.5. The number of hydrogen-bond donors (Lipinski definition) is 2. The molecule has 2 aromatic carbocycles. The number of nitrogens with one attached hydrogen (secondary N) is 2. The fourth-order valence-corrected chi connectivity index (χ4v) is 4.34. The molecular formula is C26H27F2N5O2. The molecule has 1 saturated heterocycles. The second-order valence-electron chi connectivity index (χ2n) is 8.61. The van der Waals surface area contributed by atoms with Gasteiger partial charge in [-0.05, 0) is 68.1 Å². The molecule has 7 nitrogen and oxygen atoms in total. The van der Waals surface area contributed by atoms with Gasteiger partial charge < -0.3 is 15.4 Å². The topological polar surface area (TPSA) is 92.0 Å². The van der Waals surface area contributed by atoms with Crippen molar-refractivity contribution in [1.29, 1.82) is 5.26 Å². The highest BCUT2D eigenvalue weighted by atomic mass is 19.1. The molecule has 0 saturated carbocycles. The quantitative estimate of drug-likeness (QED) is 0.554. The number of methoxy groups -OCH3 is 1. The highest BCUT2D eigenvalue weighted by Gasteiger charge is 2.21. The first kappa shape index (κ1) is 24.4. The lowest BCUT2D eigenvalue weighted by Crippen LogP contribution is -2.27. The van der Waals surface area contributed by atoms with Gasteiger partial charge in [0.2, 0.25) is 5.95 Å². The molecule has 9 heteroatoms. The summed E-state index contributed by atoms with van der Waals surface area (Å²) >= 11 is 0. The molecule has 2 N–H and O–H groups in total. The number of anilines is 1. The van der Waals surface area contributed by atoms with Crippen molar-refractivity contribution in [3.05, 3.63) is 63.9 Å². The van der Waals surface area contributed by atoms with Crippen LogP contribution in [0.5, 0.6) is 5.75 Å². The average Bonchev–Trinajstić information content (AvgIpc) is 3.13. The van der Waals surface area contributed by atoms with Crippen LogP contribution in [0.4, 0.5) is 14.7 Å². The Hall–Kier alpha value is -3.77. The predicted octanol–water partition coefficient (Wildman–Crippen LogP) is 4.07. The molecule has 3 aromatic rings. The Bertz CT molecular complexity index is 1320. The Balaban J connectivity index is 1.83. The maximum atomic E-state index is 14.5. The summed E-state index contributed by atoms with van der Waals surface area (Å²) in [6.45, 7) is 2.57. The molecule has 1 atom stereocenters. The van der Waals surface area contributed by atoms with Gasteiger partial charge in [0.1, 0.15) is 11.9 Å². The van der Waals surface area contributed by atoms with Gasteiger partial charge in [-0.3, -0.25) is 9.36 Å². The summed E-state index contributed by atoms with van der Waals surface area (Å²) in [7, 11) is 2.95. The van der Waals surface area contributed by atoms with E-state index in [1.54, 1.807) is 19.2 Å². The van der Waals surface area contributed by atoms with E-state index >= 15 is 0 Å². The van der Waals surface area contributed by atoms with Crippen LogP contribution in [0.1, 0.15) is 24.8 Å². The van der Waals surface area contributed by atoms with Crippen molar-refractivity contribution in [1.82, 2.24) is 14.9 Å². The third-order valence-electron chi connectivity index (χ3n) is 6.34. The van der Waals surface area contributed by atoms with Gasteiger partial charge in [-0.1, -0.05) is 12.1 Å². The fraction of sp³-hybridized carbons (Fsp3) is 0.346. The van der Waals surface area contributed by atoms with E-state index in [9.17, 15) is 13.6 Å². The molecular weight excluding hydrogens is 452 g/mol. The second kappa shape index (κ2) is 10.7. The number of benzene rings is 2. The van der Waals surface area contributed by atoms with Crippen molar-refractivity contribution in [2.45, 2.75) is 19.3 Å². The molecule has 1 aromatic heterocycles. The van der Waals surface area contributed by atoms with Crippen LogP contribution in [-0.2, 0) is 7.05 Å². The zero-order valence-electron chi connectivity index (χ0n) is 19.7. The third kappa shape index (κ3) is 5.17. The normalized spacial score (nSPS) is 15.8. The summed E-state index contributed by atoms with van der Waals surface area (Å²) in [6, 6.07) is 10.0. The average molecular weight is 480 g/mol. The van der Waals surface area contributed by atoms with E-state index < -0.39 is 17.2 Å². The third-order valence-corrected chi connectivity index (χ3v) is 6.34. The van der Waals surface area contributed by atoms with Gasteiger partial charge in [0.05, 0.1) is 23.9 Å². The van der Waals surface area contributed by atoms with E-state index in [4.69, 9.17) is 10.00 Å². The molecule has 0 radical (unpaired) electrons. The minimum atomic E-state index is -0.722. The summed E-state index contributed by atoms with van der Waals surface area (Å²) in [6.07, 6.45) is 3.15. The van der Waals surface area contributed by atoms with Crippen LogP contribution < -0.4 is 20.9 Å². The standard InChI is InChI=1S/C26H27F2N5O2/c1-33-25(34)23(17-7-8-22(35-2)21(28)12-17)24(18-5-6-19(14-29)20(27)13-18)32-26(33)31-15-16-4-3-10-30-11-9-16/h5-8,12-13,16,30H,3-4,9-11,15H2,1-2H3,(H,31,32). The number of halogens is 2. The number of hydrogen-bond acceptors (Lipinski definition) is 6. The summed E-state index contributed by atoms with van der Waals surface area (Å²) in [5.74, 6) is -0.550. The molecule has 182 valence electrons.